The van der Waals surface area contributed by atoms with E-state index in [-0.39, 0.29) is 0 Å². The van der Waals surface area contributed by atoms with Crippen LogP contribution in [0.5, 0.6) is 11.5 Å². The predicted molar refractivity (Wildman–Crippen MR) is 250 cm³/mol. The molecule has 13 rings (SSSR count). The van der Waals surface area contributed by atoms with Gasteiger partial charge in [-0.15, -0.1) is 0 Å². The van der Waals surface area contributed by atoms with Crippen LogP contribution in [-0.4, -0.2) is 19.1 Å². The lowest BCUT2D eigenvalue weighted by molar-refractivity contribution is 0.488. The van der Waals surface area contributed by atoms with Crippen LogP contribution in [0.2, 0.25) is 0 Å². The van der Waals surface area contributed by atoms with Crippen molar-refractivity contribution in [1.29, 1.82) is 0 Å². The molecule has 0 saturated carbocycles. The zero-order valence-electron chi connectivity index (χ0n) is 32.8. The van der Waals surface area contributed by atoms with Gasteiger partial charge in [-0.3, -0.25) is 4.57 Å². The highest BCUT2D eigenvalue weighted by atomic mass is 16.5. The first-order valence-electron chi connectivity index (χ1n) is 20.7. The molecule has 0 spiro atoms. The van der Waals surface area contributed by atoms with E-state index in [1.54, 1.807) is 0 Å². The van der Waals surface area contributed by atoms with Gasteiger partial charge in [-0.1, -0.05) is 152 Å². The van der Waals surface area contributed by atoms with Crippen LogP contribution in [0.1, 0.15) is 0 Å². The number of aromatic nitrogens is 4. The van der Waals surface area contributed by atoms with E-state index < -0.39 is 0 Å². The smallest absolute Gasteiger partial charge is 0.162 e. The highest BCUT2D eigenvalue weighted by Crippen LogP contribution is 2.51. The van der Waals surface area contributed by atoms with Gasteiger partial charge < -0.3 is 9.30 Å². The van der Waals surface area contributed by atoms with E-state index in [1.165, 1.54) is 32.6 Å². The van der Waals surface area contributed by atoms with E-state index in [4.69, 9.17) is 14.7 Å². The summed E-state index contributed by atoms with van der Waals surface area (Å²) >= 11 is 0. The molecule has 0 amide bonds. The second-order valence-electron chi connectivity index (χ2n) is 15.7. The largest absolute Gasteiger partial charge is 0.456 e. The predicted octanol–water partition coefficient (Wildman–Crippen LogP) is 14.6. The highest BCUT2D eigenvalue weighted by molar-refractivity contribution is 6.25. The van der Waals surface area contributed by atoms with Crippen molar-refractivity contribution in [3.8, 4) is 67.9 Å². The van der Waals surface area contributed by atoms with Gasteiger partial charge in [0, 0.05) is 61.4 Å². The summed E-state index contributed by atoms with van der Waals surface area (Å²) in [5.74, 6) is 3.21. The van der Waals surface area contributed by atoms with Gasteiger partial charge >= 0.3 is 0 Å². The molecule has 0 saturated heterocycles. The lowest BCUT2D eigenvalue weighted by Gasteiger charge is -2.23. The molecule has 3 aromatic heterocycles. The van der Waals surface area contributed by atoms with E-state index in [1.807, 2.05) is 24.3 Å². The van der Waals surface area contributed by atoms with Crippen LogP contribution >= 0.6 is 0 Å². The molecule has 5 nitrogen and oxygen atoms in total. The van der Waals surface area contributed by atoms with Crippen LogP contribution in [0.15, 0.2) is 206 Å². The summed E-state index contributed by atoms with van der Waals surface area (Å²) in [6.07, 6.45) is 0. The Balaban J connectivity index is 0.988. The molecule has 9 aromatic carbocycles. The van der Waals surface area contributed by atoms with Crippen molar-refractivity contribution in [2.45, 2.75) is 0 Å². The average Bonchev–Trinajstić information content (AvgIpc) is 3.84. The number of para-hydroxylation sites is 3. The molecule has 61 heavy (non-hydrogen) atoms. The van der Waals surface area contributed by atoms with Gasteiger partial charge in [-0.05, 0) is 64.5 Å². The molecule has 0 atom stereocenters. The molecule has 5 heteroatoms. The van der Waals surface area contributed by atoms with Gasteiger partial charge in [0.15, 0.2) is 5.82 Å². The van der Waals surface area contributed by atoms with Crippen molar-refractivity contribution in [3.05, 3.63) is 206 Å². The highest BCUT2D eigenvalue weighted by Gasteiger charge is 2.25. The van der Waals surface area contributed by atoms with E-state index in [9.17, 15) is 0 Å². The Hall–Kier alpha value is -8.28. The fraction of sp³-hybridized carbons (Fsp3) is 0. The number of hydrogen-bond acceptors (Lipinski definition) is 3. The van der Waals surface area contributed by atoms with Gasteiger partial charge in [-0.2, -0.15) is 0 Å². The molecule has 0 bridgehead atoms. The topological polar surface area (TPSA) is 44.9 Å². The average molecular weight is 779 g/mol. The maximum atomic E-state index is 7.01. The molecule has 0 fully saturated rings. The van der Waals surface area contributed by atoms with Crippen LogP contribution < -0.4 is 4.74 Å². The Bertz CT molecular complexity index is 3660. The third-order valence-corrected chi connectivity index (χ3v) is 12.3. The summed E-state index contributed by atoms with van der Waals surface area (Å²) < 4.78 is 11.7. The Morgan fingerprint density at radius 3 is 1.79 bits per heavy atom. The SMILES string of the molecule is c1ccc(-c2cc(-n3c4ccccc4c4ccc(-c5ccc6c(c5)Oc5cc7c(c8cccc-6c58)c5ccccc5n7-c5ccccc5)cc43)nc(-c3ccccc3)n2)cc1. The lowest BCUT2D eigenvalue weighted by atomic mass is 9.91. The van der Waals surface area contributed by atoms with Gasteiger partial charge in [0.25, 0.3) is 0 Å². The van der Waals surface area contributed by atoms with E-state index in [0.717, 1.165) is 83.8 Å². The summed E-state index contributed by atoms with van der Waals surface area (Å²) in [6, 6.07) is 72.9. The fourth-order valence-corrected chi connectivity index (χ4v) is 9.61. The number of hydrogen-bond donors (Lipinski definition) is 0. The van der Waals surface area contributed by atoms with Crippen LogP contribution in [0.4, 0.5) is 0 Å². The first-order chi connectivity index (χ1) is 30.2. The van der Waals surface area contributed by atoms with Crippen LogP contribution in [0.25, 0.3) is 111 Å². The minimum atomic E-state index is 0.683. The summed E-state index contributed by atoms with van der Waals surface area (Å²) in [7, 11) is 0. The molecule has 284 valence electrons. The van der Waals surface area contributed by atoms with Gasteiger partial charge in [0.1, 0.15) is 17.3 Å². The van der Waals surface area contributed by atoms with E-state index in [0.29, 0.717) is 5.82 Å². The third kappa shape index (κ3) is 5.14. The molecule has 0 aliphatic carbocycles. The maximum absolute atomic E-state index is 7.01. The minimum Gasteiger partial charge on any atom is -0.456 e. The number of nitrogens with zero attached hydrogens (tertiary/aromatic N) is 4. The molecular weight excluding hydrogens is 745 g/mol. The van der Waals surface area contributed by atoms with Crippen LogP contribution in [0, 0.1) is 0 Å². The second-order valence-corrected chi connectivity index (χ2v) is 15.7. The molecule has 12 aromatic rings. The summed E-state index contributed by atoms with van der Waals surface area (Å²) in [5.41, 5.74) is 12.9. The lowest BCUT2D eigenvalue weighted by Crippen LogP contribution is -2.02. The number of fused-ring (bicyclic) bond motifs is 9. The Morgan fingerprint density at radius 1 is 0.344 bits per heavy atom. The third-order valence-electron chi connectivity index (χ3n) is 12.3. The number of ether oxygens (including phenoxy) is 1. The first kappa shape index (κ1) is 33.7. The Morgan fingerprint density at radius 2 is 0.984 bits per heavy atom. The first-order valence-corrected chi connectivity index (χ1v) is 20.7. The van der Waals surface area contributed by atoms with Crippen molar-refractivity contribution in [2.24, 2.45) is 0 Å². The van der Waals surface area contributed by atoms with Crippen molar-refractivity contribution >= 4 is 54.4 Å². The Labute approximate surface area is 351 Å². The molecule has 1 aliphatic heterocycles. The summed E-state index contributed by atoms with van der Waals surface area (Å²) in [6.45, 7) is 0. The van der Waals surface area contributed by atoms with Crippen LogP contribution in [-0.2, 0) is 0 Å². The molecule has 1 aliphatic rings. The van der Waals surface area contributed by atoms with Gasteiger partial charge in [-0.25, -0.2) is 9.97 Å². The maximum Gasteiger partial charge on any atom is 0.162 e. The monoisotopic (exact) mass is 778 g/mol. The molecule has 0 radical (unpaired) electrons. The number of rotatable bonds is 5. The van der Waals surface area contributed by atoms with Crippen molar-refractivity contribution in [1.82, 2.24) is 19.1 Å². The minimum absolute atomic E-state index is 0.683. The molecular formula is C56H34N4O. The van der Waals surface area contributed by atoms with Gasteiger partial charge in [0.05, 0.1) is 27.8 Å². The van der Waals surface area contributed by atoms with Crippen LogP contribution in [0.3, 0.4) is 0 Å². The molecule has 4 heterocycles. The normalized spacial score (nSPS) is 12.1. The quantitative estimate of drug-likeness (QED) is 0.175. The molecule has 0 N–H and O–H groups in total. The zero-order chi connectivity index (χ0) is 40.0. The fourth-order valence-electron chi connectivity index (χ4n) is 9.61. The van der Waals surface area contributed by atoms with E-state index >= 15 is 0 Å². The summed E-state index contributed by atoms with van der Waals surface area (Å²) in [4.78, 5) is 10.4. The Kier molecular flexibility index (Phi) is 7.24. The standard InChI is InChI=1S/C56H34N4O/c1-4-15-35(16-5-1)46-33-53(58-56(57-46)36-17-6-2-7-18-36)60-47-25-12-10-21-40(47)41-29-27-37(31-49(41)60)38-28-30-42-43-23-14-24-45-54-44-22-11-13-26-48(44)59(39-19-8-3-9-20-39)50(54)34-52(55(43)45)61-51(42)32-38/h1-34H. The van der Waals surface area contributed by atoms with Crippen molar-refractivity contribution in [2.75, 3.05) is 0 Å². The summed E-state index contributed by atoms with van der Waals surface area (Å²) in [5, 5.41) is 7.14. The van der Waals surface area contributed by atoms with Crippen molar-refractivity contribution in [3.63, 3.8) is 0 Å². The molecule has 0 unspecified atom stereocenters. The van der Waals surface area contributed by atoms with Gasteiger partial charge in [0.2, 0.25) is 0 Å². The zero-order valence-corrected chi connectivity index (χ0v) is 32.8. The number of benzene rings is 9. The van der Waals surface area contributed by atoms with Crippen molar-refractivity contribution < 1.29 is 4.74 Å². The second kappa shape index (κ2) is 13.1. The van der Waals surface area contributed by atoms with E-state index in [2.05, 4.69) is 191 Å².